The van der Waals surface area contributed by atoms with Crippen molar-refractivity contribution in [1.29, 1.82) is 0 Å². The van der Waals surface area contributed by atoms with Crippen molar-refractivity contribution in [3.8, 4) is 0 Å². The van der Waals surface area contributed by atoms with Crippen LogP contribution < -0.4 is 11.1 Å². The standard InChI is InChI=1S/C18H30N2O/c19-11-12-2-1-3-16(7-12)17(21)20-18-8-13-4-14(9-18)6-15(5-13)10-18/h12-16H,1-11,19H2,(H,20,21). The minimum Gasteiger partial charge on any atom is -0.350 e. The predicted octanol–water partition coefficient (Wildman–Crippen LogP) is 2.84. The zero-order valence-corrected chi connectivity index (χ0v) is 13.2. The van der Waals surface area contributed by atoms with E-state index in [-0.39, 0.29) is 11.5 Å². The number of nitrogens with one attached hydrogen (secondary N) is 1. The van der Waals surface area contributed by atoms with Crippen LogP contribution >= 0.6 is 0 Å². The minimum atomic E-state index is 0.182. The first-order valence-electron chi connectivity index (χ1n) is 9.18. The molecule has 5 fully saturated rings. The van der Waals surface area contributed by atoms with Crippen LogP contribution in [-0.2, 0) is 4.79 Å². The first kappa shape index (κ1) is 14.0. The molecule has 118 valence electrons. The van der Waals surface area contributed by atoms with E-state index in [4.69, 9.17) is 5.73 Å². The average molecular weight is 290 g/mol. The van der Waals surface area contributed by atoms with Gasteiger partial charge in [-0.15, -0.1) is 0 Å². The van der Waals surface area contributed by atoms with Crippen molar-refractivity contribution in [3.63, 3.8) is 0 Å². The van der Waals surface area contributed by atoms with Gasteiger partial charge in [-0.25, -0.2) is 0 Å². The van der Waals surface area contributed by atoms with Gasteiger partial charge in [0.15, 0.2) is 0 Å². The summed E-state index contributed by atoms with van der Waals surface area (Å²) in [7, 11) is 0. The Morgan fingerprint density at radius 3 is 2.19 bits per heavy atom. The van der Waals surface area contributed by atoms with E-state index in [1.807, 2.05) is 0 Å². The SMILES string of the molecule is NCC1CCCC(C(=O)NC23CC4CC(CC(C4)C2)C3)C1. The van der Waals surface area contributed by atoms with Crippen molar-refractivity contribution >= 4 is 5.91 Å². The van der Waals surface area contributed by atoms with E-state index in [0.29, 0.717) is 11.8 Å². The normalized spacial score (nSPS) is 48.3. The van der Waals surface area contributed by atoms with Gasteiger partial charge in [0, 0.05) is 11.5 Å². The Balaban J connectivity index is 1.42. The Morgan fingerprint density at radius 2 is 1.62 bits per heavy atom. The number of carbonyl (C=O) groups is 1. The van der Waals surface area contributed by atoms with E-state index in [1.165, 1.54) is 51.4 Å². The van der Waals surface area contributed by atoms with E-state index in [2.05, 4.69) is 5.32 Å². The van der Waals surface area contributed by atoms with Crippen LogP contribution in [0, 0.1) is 29.6 Å². The molecule has 4 bridgehead atoms. The van der Waals surface area contributed by atoms with Gasteiger partial charge in [0.1, 0.15) is 0 Å². The number of nitrogens with two attached hydrogens (primary N) is 1. The molecule has 3 heteroatoms. The molecule has 0 aromatic carbocycles. The van der Waals surface area contributed by atoms with E-state index < -0.39 is 0 Å². The summed E-state index contributed by atoms with van der Waals surface area (Å²) >= 11 is 0. The van der Waals surface area contributed by atoms with Crippen molar-refractivity contribution in [3.05, 3.63) is 0 Å². The molecule has 0 aliphatic heterocycles. The van der Waals surface area contributed by atoms with Crippen LogP contribution in [0.5, 0.6) is 0 Å². The summed E-state index contributed by atoms with van der Waals surface area (Å²) in [5.41, 5.74) is 6.00. The van der Waals surface area contributed by atoms with Gasteiger partial charge in [-0.05, 0) is 88.0 Å². The van der Waals surface area contributed by atoms with E-state index in [9.17, 15) is 4.79 Å². The van der Waals surface area contributed by atoms with Crippen LogP contribution in [0.2, 0.25) is 0 Å². The summed E-state index contributed by atoms with van der Waals surface area (Å²) in [5.74, 6) is 3.88. The Kier molecular flexibility index (Phi) is 3.52. The molecule has 0 aromatic rings. The highest BCUT2D eigenvalue weighted by Crippen LogP contribution is 2.55. The summed E-state index contributed by atoms with van der Waals surface area (Å²) < 4.78 is 0. The molecule has 0 aromatic heterocycles. The largest absolute Gasteiger partial charge is 0.350 e. The summed E-state index contributed by atoms with van der Waals surface area (Å²) in [6.07, 6.45) is 12.6. The van der Waals surface area contributed by atoms with Crippen molar-refractivity contribution < 1.29 is 4.79 Å². The summed E-state index contributed by atoms with van der Waals surface area (Å²) in [6.45, 7) is 0.751. The fourth-order valence-corrected chi connectivity index (χ4v) is 6.37. The van der Waals surface area contributed by atoms with Crippen LogP contribution in [0.4, 0.5) is 0 Å². The van der Waals surface area contributed by atoms with Crippen molar-refractivity contribution in [1.82, 2.24) is 5.32 Å². The minimum absolute atomic E-state index is 0.182. The lowest BCUT2D eigenvalue weighted by atomic mass is 9.53. The number of rotatable bonds is 3. The quantitative estimate of drug-likeness (QED) is 0.840. The smallest absolute Gasteiger partial charge is 0.223 e. The molecule has 0 radical (unpaired) electrons. The molecule has 5 aliphatic carbocycles. The second-order valence-electron chi connectivity index (χ2n) is 8.65. The molecule has 3 N–H and O–H groups in total. The van der Waals surface area contributed by atoms with Crippen LogP contribution in [0.15, 0.2) is 0 Å². The number of hydrogen-bond donors (Lipinski definition) is 2. The second-order valence-corrected chi connectivity index (χ2v) is 8.65. The van der Waals surface area contributed by atoms with Crippen LogP contribution in [-0.4, -0.2) is 18.0 Å². The molecule has 5 aliphatic rings. The van der Waals surface area contributed by atoms with E-state index in [0.717, 1.165) is 37.1 Å². The number of amides is 1. The highest BCUT2D eigenvalue weighted by molar-refractivity contribution is 5.79. The highest BCUT2D eigenvalue weighted by Gasteiger charge is 2.51. The summed E-state index contributed by atoms with van der Waals surface area (Å²) in [4.78, 5) is 12.8. The Hall–Kier alpha value is -0.570. The average Bonchev–Trinajstić information content (AvgIpc) is 2.45. The molecule has 2 unspecified atom stereocenters. The summed E-state index contributed by atoms with van der Waals surface area (Å²) in [5, 5.41) is 3.56. The van der Waals surface area contributed by atoms with Gasteiger partial charge >= 0.3 is 0 Å². The first-order valence-corrected chi connectivity index (χ1v) is 9.18. The monoisotopic (exact) mass is 290 g/mol. The van der Waals surface area contributed by atoms with Gasteiger partial charge in [0.2, 0.25) is 5.91 Å². The van der Waals surface area contributed by atoms with Gasteiger partial charge < -0.3 is 11.1 Å². The van der Waals surface area contributed by atoms with Crippen molar-refractivity contribution in [2.24, 2.45) is 35.3 Å². The zero-order chi connectivity index (χ0) is 14.4. The molecular formula is C18H30N2O. The lowest BCUT2D eigenvalue weighted by molar-refractivity contribution is -0.132. The maximum Gasteiger partial charge on any atom is 0.223 e. The van der Waals surface area contributed by atoms with Gasteiger partial charge in [-0.2, -0.15) is 0 Å². The molecule has 21 heavy (non-hydrogen) atoms. The van der Waals surface area contributed by atoms with E-state index in [1.54, 1.807) is 0 Å². The van der Waals surface area contributed by atoms with Gasteiger partial charge in [-0.1, -0.05) is 6.42 Å². The number of carbonyl (C=O) groups excluding carboxylic acids is 1. The Labute approximate surface area is 128 Å². The third-order valence-electron chi connectivity index (χ3n) is 6.91. The lowest BCUT2D eigenvalue weighted by Gasteiger charge is -2.57. The van der Waals surface area contributed by atoms with Gasteiger partial charge in [0.05, 0.1) is 0 Å². The topological polar surface area (TPSA) is 55.1 Å². The first-order chi connectivity index (χ1) is 10.2. The molecule has 0 saturated heterocycles. The molecule has 0 spiro atoms. The van der Waals surface area contributed by atoms with Crippen LogP contribution in [0.1, 0.15) is 64.2 Å². The van der Waals surface area contributed by atoms with E-state index >= 15 is 0 Å². The fourth-order valence-electron chi connectivity index (χ4n) is 6.37. The molecule has 1 amide bonds. The molecular weight excluding hydrogens is 260 g/mol. The third-order valence-corrected chi connectivity index (χ3v) is 6.91. The maximum absolute atomic E-state index is 12.8. The predicted molar refractivity (Wildman–Crippen MR) is 83.5 cm³/mol. The molecule has 5 rings (SSSR count). The highest BCUT2D eigenvalue weighted by atomic mass is 16.2. The maximum atomic E-state index is 12.8. The van der Waals surface area contributed by atoms with Crippen LogP contribution in [0.25, 0.3) is 0 Å². The van der Waals surface area contributed by atoms with Crippen LogP contribution in [0.3, 0.4) is 0 Å². The van der Waals surface area contributed by atoms with Gasteiger partial charge in [0.25, 0.3) is 0 Å². The molecule has 3 nitrogen and oxygen atoms in total. The van der Waals surface area contributed by atoms with Gasteiger partial charge in [-0.3, -0.25) is 4.79 Å². The fraction of sp³-hybridized carbons (Fsp3) is 0.944. The molecule has 2 atom stereocenters. The zero-order valence-electron chi connectivity index (χ0n) is 13.2. The Bertz CT molecular complexity index is 384. The van der Waals surface area contributed by atoms with Crippen molar-refractivity contribution in [2.45, 2.75) is 69.7 Å². The number of hydrogen-bond acceptors (Lipinski definition) is 2. The van der Waals surface area contributed by atoms with Crippen molar-refractivity contribution in [2.75, 3.05) is 6.54 Å². The summed E-state index contributed by atoms with van der Waals surface area (Å²) in [6, 6.07) is 0. The second kappa shape index (κ2) is 5.26. The third kappa shape index (κ3) is 2.62. The Morgan fingerprint density at radius 1 is 1.00 bits per heavy atom. The molecule has 0 heterocycles. The molecule has 5 saturated carbocycles. The lowest BCUT2D eigenvalue weighted by Crippen LogP contribution is -2.60.